The van der Waals surface area contributed by atoms with Gasteiger partial charge >= 0.3 is 0 Å². The molecule has 1 aliphatic heterocycles. The molecule has 0 N–H and O–H groups in total. The minimum absolute atomic E-state index is 0.0431. The number of para-hydroxylation sites is 1. The molecule has 1 fully saturated rings. The Balaban J connectivity index is 1.96. The van der Waals surface area contributed by atoms with E-state index < -0.39 is 5.60 Å². The number of Topliss-reactive ketones (excluding diaryl/α,β-unsaturated/α-hetero) is 1. The van der Waals surface area contributed by atoms with Crippen LogP contribution in [0.15, 0.2) is 34.7 Å². The molecule has 1 atom stereocenters. The number of ketones is 1. The van der Waals surface area contributed by atoms with E-state index in [4.69, 9.17) is 9.15 Å². The molecule has 94 valence electrons. The fourth-order valence-electron chi connectivity index (χ4n) is 2.47. The summed E-state index contributed by atoms with van der Waals surface area (Å²) in [6.07, 6.45) is 2.83. The average Bonchev–Trinajstić information content (AvgIpc) is 2.82. The fourth-order valence-corrected chi connectivity index (χ4v) is 2.47. The number of ether oxygens (including phenoxy) is 1. The monoisotopic (exact) mass is 244 g/mol. The van der Waals surface area contributed by atoms with Crippen LogP contribution < -0.4 is 0 Å². The third-order valence-corrected chi connectivity index (χ3v) is 3.60. The number of carbonyl (C=O) groups excluding carboxylic acids is 1. The number of carbonyl (C=O) groups is 1. The summed E-state index contributed by atoms with van der Waals surface area (Å²) in [7, 11) is 0. The van der Waals surface area contributed by atoms with Crippen molar-refractivity contribution in [2.45, 2.75) is 31.8 Å². The van der Waals surface area contributed by atoms with E-state index >= 15 is 0 Å². The van der Waals surface area contributed by atoms with Gasteiger partial charge in [0.1, 0.15) is 11.2 Å². The topological polar surface area (TPSA) is 39.4 Å². The lowest BCUT2D eigenvalue weighted by Crippen LogP contribution is -2.41. The summed E-state index contributed by atoms with van der Waals surface area (Å²) in [5.41, 5.74) is 0.0341. The van der Waals surface area contributed by atoms with Gasteiger partial charge in [-0.2, -0.15) is 0 Å². The molecule has 3 heteroatoms. The molecule has 1 aliphatic rings. The molecule has 2 aromatic rings. The first-order valence-corrected chi connectivity index (χ1v) is 6.36. The van der Waals surface area contributed by atoms with E-state index in [0.29, 0.717) is 12.4 Å². The number of fused-ring (bicyclic) bond motifs is 1. The van der Waals surface area contributed by atoms with Gasteiger partial charge in [0.15, 0.2) is 5.76 Å². The van der Waals surface area contributed by atoms with Crippen molar-refractivity contribution in [2.24, 2.45) is 0 Å². The van der Waals surface area contributed by atoms with Crippen molar-refractivity contribution in [2.75, 3.05) is 6.61 Å². The van der Waals surface area contributed by atoms with E-state index in [9.17, 15) is 4.79 Å². The van der Waals surface area contributed by atoms with Crippen molar-refractivity contribution in [3.05, 3.63) is 36.1 Å². The minimum atomic E-state index is -0.716. The van der Waals surface area contributed by atoms with E-state index in [1.807, 2.05) is 31.2 Å². The smallest absolute Gasteiger partial charge is 0.229 e. The molecular weight excluding hydrogens is 228 g/mol. The van der Waals surface area contributed by atoms with E-state index in [0.717, 1.165) is 30.2 Å². The van der Waals surface area contributed by atoms with Gasteiger partial charge in [0.25, 0.3) is 0 Å². The number of hydrogen-bond donors (Lipinski definition) is 0. The van der Waals surface area contributed by atoms with Crippen molar-refractivity contribution in [3.8, 4) is 0 Å². The SMILES string of the molecule is CC1(C(=O)c2cc3ccccc3o2)CCCCO1. The predicted molar refractivity (Wildman–Crippen MR) is 68.8 cm³/mol. The Morgan fingerprint density at radius 1 is 1.28 bits per heavy atom. The molecule has 0 saturated carbocycles. The number of benzene rings is 1. The summed E-state index contributed by atoms with van der Waals surface area (Å²) >= 11 is 0. The van der Waals surface area contributed by atoms with Crippen LogP contribution in [0.4, 0.5) is 0 Å². The second-order valence-corrected chi connectivity index (χ2v) is 5.01. The lowest BCUT2D eigenvalue weighted by atomic mass is 9.90. The summed E-state index contributed by atoms with van der Waals surface area (Å²) in [6, 6.07) is 9.46. The van der Waals surface area contributed by atoms with Crippen LogP contribution in [0.2, 0.25) is 0 Å². The van der Waals surface area contributed by atoms with Crippen molar-refractivity contribution in [1.82, 2.24) is 0 Å². The molecule has 18 heavy (non-hydrogen) atoms. The van der Waals surface area contributed by atoms with Crippen molar-refractivity contribution in [3.63, 3.8) is 0 Å². The largest absolute Gasteiger partial charge is 0.453 e. The molecule has 0 spiro atoms. The molecular formula is C15H16O3. The van der Waals surface area contributed by atoms with Gasteiger partial charge in [-0.25, -0.2) is 0 Å². The molecule has 2 heterocycles. The number of rotatable bonds is 2. The fraction of sp³-hybridized carbons (Fsp3) is 0.400. The van der Waals surface area contributed by atoms with E-state index in [1.54, 1.807) is 6.07 Å². The van der Waals surface area contributed by atoms with E-state index in [2.05, 4.69) is 0 Å². The molecule has 1 saturated heterocycles. The highest BCUT2D eigenvalue weighted by Gasteiger charge is 2.38. The Hall–Kier alpha value is -1.61. The Morgan fingerprint density at radius 2 is 2.11 bits per heavy atom. The molecule has 0 amide bonds. The van der Waals surface area contributed by atoms with Gasteiger partial charge < -0.3 is 9.15 Å². The van der Waals surface area contributed by atoms with E-state index in [1.165, 1.54) is 0 Å². The van der Waals surface area contributed by atoms with Crippen LogP contribution in [-0.4, -0.2) is 18.0 Å². The minimum Gasteiger partial charge on any atom is -0.453 e. The Bertz CT molecular complexity index is 543. The first kappa shape index (κ1) is 11.5. The Labute approximate surface area is 106 Å². The van der Waals surface area contributed by atoms with Gasteiger partial charge in [0.05, 0.1) is 0 Å². The maximum absolute atomic E-state index is 12.5. The zero-order valence-electron chi connectivity index (χ0n) is 10.4. The second kappa shape index (κ2) is 4.25. The van der Waals surface area contributed by atoms with E-state index in [-0.39, 0.29) is 5.78 Å². The lowest BCUT2D eigenvalue weighted by molar-refractivity contribution is -0.0439. The molecule has 1 aromatic carbocycles. The van der Waals surface area contributed by atoms with Crippen molar-refractivity contribution >= 4 is 16.8 Å². The van der Waals surface area contributed by atoms with Crippen LogP contribution in [0.3, 0.4) is 0 Å². The number of furan rings is 1. The highest BCUT2D eigenvalue weighted by molar-refractivity contribution is 6.02. The zero-order valence-corrected chi connectivity index (χ0v) is 10.4. The molecule has 1 aromatic heterocycles. The number of hydrogen-bond acceptors (Lipinski definition) is 3. The lowest BCUT2D eigenvalue weighted by Gasteiger charge is -2.31. The normalized spacial score (nSPS) is 24.3. The second-order valence-electron chi connectivity index (χ2n) is 5.01. The zero-order chi connectivity index (χ0) is 12.6. The van der Waals surface area contributed by atoms with Gasteiger partial charge in [-0.05, 0) is 38.3 Å². The van der Waals surface area contributed by atoms with Crippen LogP contribution in [0.25, 0.3) is 11.0 Å². The summed E-state index contributed by atoms with van der Waals surface area (Å²) in [4.78, 5) is 12.5. The van der Waals surface area contributed by atoms with Crippen LogP contribution in [0, 0.1) is 0 Å². The van der Waals surface area contributed by atoms with Crippen LogP contribution >= 0.6 is 0 Å². The van der Waals surface area contributed by atoms with Gasteiger partial charge in [0, 0.05) is 12.0 Å². The van der Waals surface area contributed by atoms with Crippen LogP contribution in [-0.2, 0) is 4.74 Å². The van der Waals surface area contributed by atoms with Crippen molar-refractivity contribution in [1.29, 1.82) is 0 Å². The molecule has 3 nitrogen and oxygen atoms in total. The standard InChI is InChI=1S/C15H16O3/c1-15(8-4-5-9-17-15)14(16)13-10-11-6-2-3-7-12(11)18-13/h2-3,6-7,10H,4-5,8-9H2,1H3. The van der Waals surface area contributed by atoms with Crippen molar-refractivity contribution < 1.29 is 13.9 Å². The van der Waals surface area contributed by atoms with Crippen LogP contribution in [0.1, 0.15) is 36.7 Å². The molecule has 0 aliphatic carbocycles. The summed E-state index contributed by atoms with van der Waals surface area (Å²) in [6.45, 7) is 2.52. The van der Waals surface area contributed by atoms with Crippen LogP contribution in [0.5, 0.6) is 0 Å². The highest BCUT2D eigenvalue weighted by Crippen LogP contribution is 2.30. The van der Waals surface area contributed by atoms with Gasteiger partial charge in [-0.15, -0.1) is 0 Å². The summed E-state index contributed by atoms with van der Waals surface area (Å²) < 4.78 is 11.3. The maximum Gasteiger partial charge on any atom is 0.229 e. The molecule has 0 bridgehead atoms. The third-order valence-electron chi connectivity index (χ3n) is 3.60. The quantitative estimate of drug-likeness (QED) is 0.758. The molecule has 3 rings (SSSR count). The van der Waals surface area contributed by atoms with Gasteiger partial charge in [-0.3, -0.25) is 4.79 Å². The first-order valence-electron chi connectivity index (χ1n) is 6.36. The predicted octanol–water partition coefficient (Wildman–Crippen LogP) is 3.57. The third kappa shape index (κ3) is 1.85. The average molecular weight is 244 g/mol. The maximum atomic E-state index is 12.5. The highest BCUT2D eigenvalue weighted by atomic mass is 16.5. The van der Waals surface area contributed by atoms with Gasteiger partial charge in [-0.1, -0.05) is 18.2 Å². The first-order chi connectivity index (χ1) is 8.69. The summed E-state index contributed by atoms with van der Waals surface area (Å²) in [5, 5.41) is 0.959. The molecule has 0 radical (unpaired) electrons. The summed E-state index contributed by atoms with van der Waals surface area (Å²) in [5.74, 6) is 0.360. The Morgan fingerprint density at radius 3 is 2.83 bits per heavy atom. The Kier molecular flexibility index (Phi) is 2.71. The molecule has 1 unspecified atom stereocenters. The van der Waals surface area contributed by atoms with Gasteiger partial charge in [0.2, 0.25) is 5.78 Å².